The molecular formula is C24H21Cl2N3O2. The number of esters is 1. The molecular weight excluding hydrogens is 433 g/mol. The number of ether oxygens (including phenoxy) is 1. The van der Waals surface area contributed by atoms with E-state index in [9.17, 15) is 4.79 Å². The third-order valence-corrected chi connectivity index (χ3v) is 5.81. The van der Waals surface area contributed by atoms with Gasteiger partial charge in [-0.05, 0) is 43.5 Å². The summed E-state index contributed by atoms with van der Waals surface area (Å²) in [5, 5.41) is 5.56. The van der Waals surface area contributed by atoms with Crippen LogP contribution in [0.15, 0.2) is 67.0 Å². The predicted molar refractivity (Wildman–Crippen MR) is 123 cm³/mol. The molecule has 0 fully saturated rings. The normalized spacial score (nSPS) is 13.2. The van der Waals surface area contributed by atoms with Crippen molar-refractivity contribution in [2.75, 3.05) is 6.61 Å². The fraction of sp³-hybridized carbons (Fsp3) is 0.208. The van der Waals surface area contributed by atoms with Crippen molar-refractivity contribution in [1.29, 1.82) is 0 Å². The molecule has 4 aromatic rings. The van der Waals surface area contributed by atoms with Crippen LogP contribution in [0.3, 0.4) is 0 Å². The number of carbonyl (C=O) groups excluding carboxylic acids is 1. The van der Waals surface area contributed by atoms with Gasteiger partial charge in [-0.3, -0.25) is 4.79 Å². The quantitative estimate of drug-likeness (QED) is 0.347. The first-order valence-electron chi connectivity index (χ1n) is 9.94. The van der Waals surface area contributed by atoms with Crippen molar-refractivity contribution in [3.63, 3.8) is 0 Å². The molecule has 0 aliphatic heterocycles. The Morgan fingerprint density at radius 3 is 2.45 bits per heavy atom. The summed E-state index contributed by atoms with van der Waals surface area (Å²) in [5.74, 6) is -0.364. The van der Waals surface area contributed by atoms with Crippen LogP contribution < -0.4 is 0 Å². The van der Waals surface area contributed by atoms with Gasteiger partial charge in [-0.2, -0.15) is 5.10 Å². The van der Waals surface area contributed by atoms with Crippen molar-refractivity contribution in [2.45, 2.75) is 25.7 Å². The standard InChI is InChI=1S/C24H21Cl2N3O2/c1-3-31-23(30)24(2,13-16-7-5-4-6-8-16)21-20(26)15-27-22-19(14-28-29(21)22)17-9-11-18(25)12-10-17/h4-12,14-15H,3,13H2,1-2H3. The van der Waals surface area contributed by atoms with E-state index in [1.54, 1.807) is 23.8 Å². The van der Waals surface area contributed by atoms with Crippen molar-refractivity contribution < 1.29 is 9.53 Å². The summed E-state index contributed by atoms with van der Waals surface area (Å²) in [7, 11) is 0. The lowest BCUT2D eigenvalue weighted by atomic mass is 9.80. The number of benzene rings is 2. The number of fused-ring (bicyclic) bond motifs is 1. The fourth-order valence-electron chi connectivity index (χ4n) is 3.79. The SMILES string of the molecule is CCOC(=O)C(C)(Cc1ccccc1)c1c(Cl)cnc2c(-c3ccc(Cl)cc3)cnn12. The minimum absolute atomic E-state index is 0.268. The van der Waals surface area contributed by atoms with Gasteiger partial charge in [-0.15, -0.1) is 0 Å². The minimum atomic E-state index is -1.07. The third-order valence-electron chi connectivity index (χ3n) is 5.29. The van der Waals surface area contributed by atoms with Gasteiger partial charge < -0.3 is 4.74 Å². The van der Waals surface area contributed by atoms with Crippen LogP contribution >= 0.6 is 23.2 Å². The van der Waals surface area contributed by atoms with E-state index in [1.165, 1.54) is 0 Å². The second-order valence-electron chi connectivity index (χ2n) is 7.47. The van der Waals surface area contributed by atoms with Crippen LogP contribution in [0.4, 0.5) is 0 Å². The molecule has 0 bridgehead atoms. The summed E-state index contributed by atoms with van der Waals surface area (Å²) in [6.45, 7) is 3.89. The maximum absolute atomic E-state index is 13.2. The summed E-state index contributed by atoms with van der Waals surface area (Å²) in [6, 6.07) is 17.2. The molecule has 5 nitrogen and oxygen atoms in total. The average Bonchev–Trinajstić information content (AvgIpc) is 3.18. The fourth-order valence-corrected chi connectivity index (χ4v) is 4.25. The Bertz CT molecular complexity index is 1220. The van der Waals surface area contributed by atoms with E-state index in [-0.39, 0.29) is 12.6 Å². The van der Waals surface area contributed by atoms with Gasteiger partial charge in [0.2, 0.25) is 0 Å². The number of nitrogens with zero attached hydrogens (tertiary/aromatic N) is 3. The average molecular weight is 454 g/mol. The van der Waals surface area contributed by atoms with E-state index in [4.69, 9.17) is 27.9 Å². The van der Waals surface area contributed by atoms with Crippen molar-refractivity contribution in [3.05, 3.63) is 88.3 Å². The van der Waals surface area contributed by atoms with Crippen LogP contribution in [0.2, 0.25) is 10.0 Å². The smallest absolute Gasteiger partial charge is 0.318 e. The highest BCUT2D eigenvalue weighted by atomic mass is 35.5. The van der Waals surface area contributed by atoms with E-state index in [1.807, 2.05) is 61.5 Å². The first kappa shape index (κ1) is 21.3. The molecule has 31 heavy (non-hydrogen) atoms. The van der Waals surface area contributed by atoms with Gasteiger partial charge in [0.25, 0.3) is 0 Å². The van der Waals surface area contributed by atoms with Crippen molar-refractivity contribution >= 4 is 34.8 Å². The largest absolute Gasteiger partial charge is 0.465 e. The van der Waals surface area contributed by atoms with Crippen LogP contribution in [0, 0.1) is 0 Å². The number of hydrogen-bond donors (Lipinski definition) is 0. The van der Waals surface area contributed by atoms with Gasteiger partial charge >= 0.3 is 5.97 Å². The molecule has 0 saturated heterocycles. The van der Waals surface area contributed by atoms with E-state index >= 15 is 0 Å². The van der Waals surface area contributed by atoms with Gasteiger partial charge in [0.05, 0.1) is 23.5 Å². The van der Waals surface area contributed by atoms with Gasteiger partial charge in [-0.1, -0.05) is 65.7 Å². The third kappa shape index (κ3) is 4.03. The molecule has 2 aromatic carbocycles. The molecule has 158 valence electrons. The lowest BCUT2D eigenvalue weighted by molar-refractivity contribution is -0.149. The lowest BCUT2D eigenvalue weighted by Gasteiger charge is -2.29. The summed E-state index contributed by atoms with van der Waals surface area (Å²) in [4.78, 5) is 17.7. The van der Waals surface area contributed by atoms with Crippen LogP contribution in [0.25, 0.3) is 16.8 Å². The number of halogens is 2. The molecule has 0 aliphatic carbocycles. The monoisotopic (exact) mass is 453 g/mol. The van der Waals surface area contributed by atoms with Crippen molar-refractivity contribution in [2.24, 2.45) is 0 Å². The molecule has 4 rings (SSSR count). The highest BCUT2D eigenvalue weighted by molar-refractivity contribution is 6.31. The van der Waals surface area contributed by atoms with Crippen LogP contribution in [-0.4, -0.2) is 27.2 Å². The Kier molecular flexibility index (Phi) is 5.99. The zero-order valence-corrected chi connectivity index (χ0v) is 18.7. The second kappa shape index (κ2) is 8.69. The zero-order chi connectivity index (χ0) is 22.0. The molecule has 0 radical (unpaired) electrons. The van der Waals surface area contributed by atoms with Crippen LogP contribution in [0.1, 0.15) is 25.1 Å². The van der Waals surface area contributed by atoms with E-state index in [0.29, 0.717) is 27.8 Å². The van der Waals surface area contributed by atoms with Gasteiger partial charge in [0.1, 0.15) is 5.41 Å². The summed E-state index contributed by atoms with van der Waals surface area (Å²) in [5.41, 5.74) is 2.80. The molecule has 0 saturated carbocycles. The zero-order valence-electron chi connectivity index (χ0n) is 17.2. The second-order valence-corrected chi connectivity index (χ2v) is 8.31. The number of aromatic nitrogens is 3. The van der Waals surface area contributed by atoms with Gasteiger partial charge in [0, 0.05) is 16.8 Å². The maximum atomic E-state index is 13.2. The highest BCUT2D eigenvalue weighted by Gasteiger charge is 2.41. The summed E-state index contributed by atoms with van der Waals surface area (Å²) < 4.78 is 7.11. The first-order valence-corrected chi connectivity index (χ1v) is 10.7. The summed E-state index contributed by atoms with van der Waals surface area (Å²) >= 11 is 12.7. The highest BCUT2D eigenvalue weighted by Crippen LogP contribution is 2.36. The minimum Gasteiger partial charge on any atom is -0.465 e. The predicted octanol–water partition coefficient (Wildman–Crippen LogP) is 5.77. The number of hydrogen-bond acceptors (Lipinski definition) is 4. The Morgan fingerprint density at radius 2 is 1.77 bits per heavy atom. The van der Waals surface area contributed by atoms with E-state index in [2.05, 4.69) is 10.1 Å². The topological polar surface area (TPSA) is 56.5 Å². The first-order chi connectivity index (χ1) is 14.9. The van der Waals surface area contributed by atoms with Gasteiger partial charge in [-0.25, -0.2) is 9.50 Å². The van der Waals surface area contributed by atoms with Crippen LogP contribution in [0.5, 0.6) is 0 Å². The van der Waals surface area contributed by atoms with E-state index < -0.39 is 5.41 Å². The summed E-state index contributed by atoms with van der Waals surface area (Å²) in [6.07, 6.45) is 3.69. The van der Waals surface area contributed by atoms with Crippen molar-refractivity contribution in [3.8, 4) is 11.1 Å². The molecule has 0 amide bonds. The Morgan fingerprint density at radius 1 is 1.06 bits per heavy atom. The van der Waals surface area contributed by atoms with Crippen molar-refractivity contribution in [1.82, 2.24) is 14.6 Å². The molecule has 0 N–H and O–H groups in total. The Balaban J connectivity index is 1.91. The number of rotatable bonds is 6. The number of carbonyl (C=O) groups is 1. The lowest BCUT2D eigenvalue weighted by Crippen LogP contribution is -2.39. The molecule has 2 aromatic heterocycles. The molecule has 1 atom stereocenters. The molecule has 1 unspecified atom stereocenters. The Labute approximate surface area is 190 Å². The molecule has 7 heteroatoms. The Hall–Kier alpha value is -2.89. The molecule has 0 spiro atoms. The van der Waals surface area contributed by atoms with Crippen LogP contribution in [-0.2, 0) is 21.4 Å². The molecule has 0 aliphatic rings. The maximum Gasteiger partial charge on any atom is 0.318 e. The van der Waals surface area contributed by atoms with E-state index in [0.717, 1.165) is 16.7 Å². The molecule has 2 heterocycles. The van der Waals surface area contributed by atoms with Gasteiger partial charge in [0.15, 0.2) is 5.65 Å².